The maximum absolute atomic E-state index is 6.67. The summed E-state index contributed by atoms with van der Waals surface area (Å²) in [6.07, 6.45) is 8.35. The molecule has 1 N–H and O–H groups in total. The van der Waals surface area contributed by atoms with Crippen LogP contribution in [-0.2, 0) is 0 Å². The van der Waals surface area contributed by atoms with Crippen molar-refractivity contribution in [1.82, 2.24) is 4.98 Å². The molecule has 1 aromatic rings. The van der Waals surface area contributed by atoms with Gasteiger partial charge >= 0.3 is 0 Å². The Kier molecular flexibility index (Phi) is 6.96. The van der Waals surface area contributed by atoms with Crippen molar-refractivity contribution in [1.29, 1.82) is 5.41 Å². The molecule has 1 aromatic heterocycles. The van der Waals surface area contributed by atoms with Crippen molar-refractivity contribution in [2.45, 2.75) is 13.8 Å². The Morgan fingerprint density at radius 1 is 1.57 bits per heavy atom. The normalized spacial score (nSPS) is 9.71. The first-order valence-electron chi connectivity index (χ1n) is 4.37. The van der Waals surface area contributed by atoms with Gasteiger partial charge in [0.25, 0.3) is 0 Å². The van der Waals surface area contributed by atoms with Crippen LogP contribution in [-0.4, -0.2) is 11.2 Å². The van der Waals surface area contributed by atoms with E-state index in [0.29, 0.717) is 0 Å². The topological polar surface area (TPSA) is 36.7 Å². The van der Waals surface area contributed by atoms with Gasteiger partial charge in [0.1, 0.15) is 0 Å². The average Bonchev–Trinajstić information content (AvgIpc) is 2.20. The Bertz CT molecular complexity index is 299. The number of aryl methyl sites for hydroxylation is 1. The third-order valence-corrected chi connectivity index (χ3v) is 1.42. The van der Waals surface area contributed by atoms with Gasteiger partial charge in [-0.1, -0.05) is 24.8 Å². The van der Waals surface area contributed by atoms with E-state index in [9.17, 15) is 0 Å². The van der Waals surface area contributed by atoms with Gasteiger partial charge in [-0.25, -0.2) is 0 Å². The molecule has 0 bridgehead atoms. The lowest BCUT2D eigenvalue weighted by Crippen LogP contribution is -1.69. The SMILES string of the molecule is C=C/C=C(/C)C=N.Cc1cccnc1. The van der Waals surface area contributed by atoms with E-state index in [1.54, 1.807) is 18.3 Å². The summed E-state index contributed by atoms with van der Waals surface area (Å²) in [6, 6.07) is 3.95. The van der Waals surface area contributed by atoms with Crippen LogP contribution in [0.15, 0.2) is 48.8 Å². The van der Waals surface area contributed by atoms with Gasteiger partial charge < -0.3 is 5.41 Å². The molecule has 1 heterocycles. The number of nitrogens with zero attached hydrogens (tertiary/aromatic N) is 1. The lowest BCUT2D eigenvalue weighted by Gasteiger charge is -1.82. The Balaban J connectivity index is 0.000000241. The van der Waals surface area contributed by atoms with E-state index >= 15 is 0 Å². The Hall–Kier alpha value is -1.70. The molecule has 0 unspecified atom stereocenters. The maximum Gasteiger partial charge on any atom is 0.0297 e. The molecule has 0 fully saturated rings. The third kappa shape index (κ3) is 6.98. The summed E-state index contributed by atoms with van der Waals surface area (Å²) in [7, 11) is 0. The summed E-state index contributed by atoms with van der Waals surface area (Å²) < 4.78 is 0. The van der Waals surface area contributed by atoms with E-state index in [1.807, 2.05) is 32.2 Å². The van der Waals surface area contributed by atoms with Crippen LogP contribution in [0.1, 0.15) is 12.5 Å². The molecule has 0 aliphatic carbocycles. The zero-order chi connectivity index (χ0) is 10.8. The van der Waals surface area contributed by atoms with E-state index in [0.717, 1.165) is 5.57 Å². The molecule has 14 heavy (non-hydrogen) atoms. The molecule has 0 atom stereocenters. The molecule has 2 nitrogen and oxygen atoms in total. The smallest absolute Gasteiger partial charge is 0.0297 e. The lowest BCUT2D eigenvalue weighted by atomic mass is 10.3. The number of rotatable bonds is 2. The molecule has 0 saturated carbocycles. The van der Waals surface area contributed by atoms with E-state index in [-0.39, 0.29) is 0 Å². The first kappa shape index (κ1) is 12.3. The molecule has 0 radical (unpaired) electrons. The van der Waals surface area contributed by atoms with Crippen LogP contribution in [0.4, 0.5) is 0 Å². The maximum atomic E-state index is 6.67. The highest BCUT2D eigenvalue weighted by Crippen LogP contribution is 1.88. The molecule has 2 heteroatoms. The van der Waals surface area contributed by atoms with Gasteiger partial charge in [0.05, 0.1) is 0 Å². The van der Waals surface area contributed by atoms with Crippen molar-refractivity contribution in [3.63, 3.8) is 0 Å². The highest BCUT2D eigenvalue weighted by atomic mass is 14.6. The fourth-order valence-corrected chi connectivity index (χ4v) is 0.682. The fourth-order valence-electron chi connectivity index (χ4n) is 0.682. The highest BCUT2D eigenvalue weighted by molar-refractivity contribution is 5.75. The first-order chi connectivity index (χ1) is 6.70. The van der Waals surface area contributed by atoms with Gasteiger partial charge in [-0.05, 0) is 31.1 Å². The zero-order valence-corrected chi connectivity index (χ0v) is 8.70. The van der Waals surface area contributed by atoms with E-state index in [4.69, 9.17) is 5.41 Å². The molecule has 1 rings (SSSR count). The van der Waals surface area contributed by atoms with Gasteiger partial charge in [-0.3, -0.25) is 4.98 Å². The minimum atomic E-state index is 0.926. The molecule has 0 amide bonds. The standard InChI is InChI=1S/C6H7N.C6H9N/c1-6-3-2-4-7-5-6;1-3-4-6(2)5-7/h2-5H,1H3;3-5,7H,1H2,2H3/b;6-4-,7-5?. The van der Waals surface area contributed by atoms with Gasteiger partial charge in [-0.2, -0.15) is 0 Å². The van der Waals surface area contributed by atoms with Crippen LogP contribution in [0.25, 0.3) is 0 Å². The predicted octanol–water partition coefficient (Wildman–Crippen LogP) is 3.16. The van der Waals surface area contributed by atoms with Gasteiger partial charge in [0.15, 0.2) is 0 Å². The van der Waals surface area contributed by atoms with Gasteiger partial charge in [-0.15, -0.1) is 0 Å². The average molecular weight is 188 g/mol. The summed E-state index contributed by atoms with van der Waals surface area (Å²) in [5.41, 5.74) is 2.14. The summed E-state index contributed by atoms with van der Waals surface area (Å²) in [6.45, 7) is 7.35. The second-order valence-electron chi connectivity index (χ2n) is 2.82. The van der Waals surface area contributed by atoms with Crippen LogP contribution in [0.5, 0.6) is 0 Å². The second kappa shape index (κ2) is 7.92. The van der Waals surface area contributed by atoms with Crippen molar-refractivity contribution < 1.29 is 0 Å². The minimum Gasteiger partial charge on any atom is -0.308 e. The van der Waals surface area contributed by atoms with Crippen molar-refractivity contribution in [3.05, 3.63) is 54.4 Å². The summed E-state index contributed by atoms with van der Waals surface area (Å²) in [4.78, 5) is 3.88. The fraction of sp³-hybridized carbons (Fsp3) is 0.167. The molecule has 0 spiro atoms. The number of allylic oxidation sites excluding steroid dienone is 3. The summed E-state index contributed by atoms with van der Waals surface area (Å²) in [5.74, 6) is 0. The van der Waals surface area contributed by atoms with Gasteiger partial charge in [0, 0.05) is 18.6 Å². The highest BCUT2D eigenvalue weighted by Gasteiger charge is 1.73. The second-order valence-corrected chi connectivity index (χ2v) is 2.82. The number of hydrogen-bond donors (Lipinski definition) is 1. The molecule has 0 aliphatic heterocycles. The van der Waals surface area contributed by atoms with Gasteiger partial charge in [0.2, 0.25) is 0 Å². The number of aromatic nitrogens is 1. The quantitative estimate of drug-likeness (QED) is 0.561. The van der Waals surface area contributed by atoms with E-state index in [1.165, 1.54) is 11.8 Å². The summed E-state index contributed by atoms with van der Waals surface area (Å²) >= 11 is 0. The Morgan fingerprint density at radius 3 is 2.50 bits per heavy atom. The van der Waals surface area contributed by atoms with Crippen molar-refractivity contribution in [2.24, 2.45) is 0 Å². The first-order valence-corrected chi connectivity index (χ1v) is 4.37. The molecular weight excluding hydrogens is 172 g/mol. The van der Waals surface area contributed by atoms with E-state index < -0.39 is 0 Å². The largest absolute Gasteiger partial charge is 0.308 e. The zero-order valence-electron chi connectivity index (χ0n) is 8.70. The lowest BCUT2D eigenvalue weighted by molar-refractivity contribution is 1.27. The van der Waals surface area contributed by atoms with E-state index in [2.05, 4.69) is 11.6 Å². The number of hydrogen-bond acceptors (Lipinski definition) is 2. The molecule has 74 valence electrons. The number of nitrogens with one attached hydrogen (secondary N) is 1. The van der Waals surface area contributed by atoms with Crippen molar-refractivity contribution in [2.75, 3.05) is 0 Å². The van der Waals surface area contributed by atoms with Crippen LogP contribution in [0, 0.1) is 12.3 Å². The van der Waals surface area contributed by atoms with Crippen LogP contribution in [0.2, 0.25) is 0 Å². The molecule has 0 aliphatic rings. The predicted molar refractivity (Wildman–Crippen MR) is 61.7 cm³/mol. The monoisotopic (exact) mass is 188 g/mol. The van der Waals surface area contributed by atoms with Crippen LogP contribution in [0.3, 0.4) is 0 Å². The molecule has 0 aromatic carbocycles. The molecule has 0 saturated heterocycles. The van der Waals surface area contributed by atoms with Crippen LogP contribution < -0.4 is 0 Å². The Labute approximate surface area is 85.5 Å². The van der Waals surface area contributed by atoms with Crippen LogP contribution >= 0.6 is 0 Å². The van der Waals surface area contributed by atoms with Crippen molar-refractivity contribution >= 4 is 6.21 Å². The summed E-state index contributed by atoms with van der Waals surface area (Å²) in [5, 5.41) is 6.67. The third-order valence-electron chi connectivity index (χ3n) is 1.42. The minimum absolute atomic E-state index is 0.926. The van der Waals surface area contributed by atoms with Crippen molar-refractivity contribution in [3.8, 4) is 0 Å². The number of pyridine rings is 1. The Morgan fingerprint density at radius 2 is 2.29 bits per heavy atom. The molecular formula is C12H16N2.